The Morgan fingerprint density at radius 2 is 1.79 bits per heavy atom. The molecule has 1 heterocycles. The summed E-state index contributed by atoms with van der Waals surface area (Å²) < 4.78 is 1.70. The van der Waals surface area contributed by atoms with Crippen molar-refractivity contribution < 1.29 is 19.5 Å². The number of Topliss-reactive ketones (excluding diaryl/α,β-unsaturated/α-hetero) is 1. The molecule has 38 heavy (non-hydrogen) atoms. The third-order valence-corrected chi connectivity index (χ3v) is 6.98. The molecule has 0 saturated carbocycles. The normalized spacial score (nSPS) is 11.9. The second kappa shape index (κ2) is 10.6. The standard InChI is InChI=1S/C29H25ClN4O4/c30-25-4-2-1-3-22(25)29(38)32-19-10-8-18-9-14-23-26(28(31)37)33-34(27(23)24(18)15-19)20-11-5-17(6-12-20)7-13-21(36)16-35/h1-6,8,10-12,15,35H,7,9,13-14,16H2,(H2,31,37)(H,32,38). The number of aliphatic hydroxyl groups is 1. The third-order valence-electron chi connectivity index (χ3n) is 6.65. The quantitative estimate of drug-likeness (QED) is 0.317. The number of nitrogens with zero attached hydrogens (tertiary/aromatic N) is 2. The number of rotatable bonds is 8. The summed E-state index contributed by atoms with van der Waals surface area (Å²) in [6.45, 7) is -0.465. The molecule has 0 spiro atoms. The number of fused-ring (bicyclic) bond motifs is 3. The van der Waals surface area contributed by atoms with Gasteiger partial charge in [-0.25, -0.2) is 4.68 Å². The van der Waals surface area contributed by atoms with Crippen LogP contribution in [0.3, 0.4) is 0 Å². The molecule has 5 rings (SSSR count). The number of halogens is 1. The van der Waals surface area contributed by atoms with E-state index in [4.69, 9.17) is 22.4 Å². The van der Waals surface area contributed by atoms with E-state index in [1.807, 2.05) is 42.5 Å². The van der Waals surface area contributed by atoms with Gasteiger partial charge in [-0.15, -0.1) is 0 Å². The lowest BCUT2D eigenvalue weighted by Crippen LogP contribution is -2.15. The van der Waals surface area contributed by atoms with Gasteiger partial charge in [0.1, 0.15) is 6.61 Å². The predicted molar refractivity (Wildman–Crippen MR) is 145 cm³/mol. The van der Waals surface area contributed by atoms with Crippen molar-refractivity contribution in [3.63, 3.8) is 0 Å². The fourth-order valence-corrected chi connectivity index (χ4v) is 4.93. The van der Waals surface area contributed by atoms with Crippen LogP contribution in [0.4, 0.5) is 5.69 Å². The second-order valence-electron chi connectivity index (χ2n) is 9.12. The Hall–Kier alpha value is -4.27. The lowest BCUT2D eigenvalue weighted by atomic mass is 9.88. The molecule has 192 valence electrons. The van der Waals surface area contributed by atoms with Crippen molar-refractivity contribution in [2.75, 3.05) is 11.9 Å². The number of benzene rings is 3. The molecule has 8 nitrogen and oxygen atoms in total. The maximum atomic E-state index is 12.9. The molecule has 4 N–H and O–H groups in total. The molecule has 1 aliphatic carbocycles. The molecule has 0 unspecified atom stereocenters. The fraction of sp³-hybridized carbons (Fsp3) is 0.172. The summed E-state index contributed by atoms with van der Waals surface area (Å²) in [4.78, 5) is 36.6. The first-order chi connectivity index (χ1) is 18.4. The van der Waals surface area contributed by atoms with Crippen molar-refractivity contribution in [3.8, 4) is 16.9 Å². The number of nitrogens with one attached hydrogen (secondary N) is 1. The van der Waals surface area contributed by atoms with Crippen LogP contribution in [0.1, 0.15) is 44.0 Å². The van der Waals surface area contributed by atoms with Crippen molar-refractivity contribution in [1.82, 2.24) is 9.78 Å². The number of aromatic nitrogens is 2. The topological polar surface area (TPSA) is 127 Å². The van der Waals surface area contributed by atoms with Crippen molar-refractivity contribution in [2.45, 2.75) is 25.7 Å². The molecular formula is C29H25ClN4O4. The Balaban J connectivity index is 1.52. The summed E-state index contributed by atoms with van der Waals surface area (Å²) in [5.74, 6) is -1.14. The molecule has 0 saturated heterocycles. The van der Waals surface area contributed by atoms with Crippen molar-refractivity contribution in [1.29, 1.82) is 0 Å². The maximum absolute atomic E-state index is 12.9. The smallest absolute Gasteiger partial charge is 0.269 e. The van der Waals surface area contributed by atoms with Crippen LogP contribution < -0.4 is 11.1 Å². The van der Waals surface area contributed by atoms with Crippen LogP contribution in [0.15, 0.2) is 66.7 Å². The van der Waals surface area contributed by atoms with Crippen LogP contribution in [0, 0.1) is 0 Å². The van der Waals surface area contributed by atoms with E-state index in [1.165, 1.54) is 0 Å². The van der Waals surface area contributed by atoms with Gasteiger partial charge in [-0.1, -0.05) is 41.9 Å². The van der Waals surface area contributed by atoms with Gasteiger partial charge in [-0.3, -0.25) is 14.4 Å². The molecule has 2 amide bonds. The fourth-order valence-electron chi connectivity index (χ4n) is 4.71. The summed E-state index contributed by atoms with van der Waals surface area (Å²) in [5.41, 5.74) is 11.9. The number of hydrogen-bond donors (Lipinski definition) is 3. The summed E-state index contributed by atoms with van der Waals surface area (Å²) >= 11 is 6.20. The van der Waals surface area contributed by atoms with Gasteiger partial charge < -0.3 is 16.2 Å². The van der Waals surface area contributed by atoms with E-state index in [0.717, 1.165) is 33.6 Å². The number of hydrogen-bond acceptors (Lipinski definition) is 5. The number of amides is 2. The van der Waals surface area contributed by atoms with Gasteiger partial charge >= 0.3 is 0 Å². The van der Waals surface area contributed by atoms with Gasteiger partial charge in [-0.05, 0) is 66.8 Å². The van der Waals surface area contributed by atoms with Gasteiger partial charge in [0.25, 0.3) is 11.8 Å². The largest absolute Gasteiger partial charge is 0.389 e. The number of anilines is 1. The van der Waals surface area contributed by atoms with Crippen LogP contribution in [0.5, 0.6) is 0 Å². The number of primary amides is 1. The lowest BCUT2D eigenvalue weighted by Gasteiger charge is -2.20. The summed E-state index contributed by atoms with van der Waals surface area (Å²) in [7, 11) is 0. The Morgan fingerprint density at radius 3 is 2.50 bits per heavy atom. The highest BCUT2D eigenvalue weighted by Gasteiger charge is 2.28. The monoisotopic (exact) mass is 528 g/mol. The number of ketones is 1. The number of carbonyl (C=O) groups excluding carboxylic acids is 3. The average Bonchev–Trinajstić information content (AvgIpc) is 3.33. The number of nitrogens with two attached hydrogens (primary N) is 1. The first-order valence-electron chi connectivity index (χ1n) is 12.2. The van der Waals surface area contributed by atoms with Crippen molar-refractivity contribution in [2.24, 2.45) is 5.73 Å². The van der Waals surface area contributed by atoms with Crippen LogP contribution in [0.25, 0.3) is 16.9 Å². The molecular weight excluding hydrogens is 504 g/mol. The lowest BCUT2D eigenvalue weighted by molar-refractivity contribution is -0.121. The van der Waals surface area contributed by atoms with Crippen LogP contribution in [0.2, 0.25) is 5.02 Å². The number of aliphatic hydroxyl groups excluding tert-OH is 1. The summed E-state index contributed by atoms with van der Waals surface area (Å²) in [6, 6.07) is 20.0. The zero-order chi connectivity index (χ0) is 26.8. The SMILES string of the molecule is NC(=O)c1nn(-c2ccc(CCC(=O)CO)cc2)c2c1CCc1ccc(NC(=O)c3ccccc3Cl)cc1-2. The molecule has 4 aromatic rings. The van der Waals surface area contributed by atoms with Crippen LogP contribution in [-0.2, 0) is 24.1 Å². The van der Waals surface area contributed by atoms with Gasteiger partial charge in [0, 0.05) is 23.2 Å². The molecule has 3 aromatic carbocycles. The van der Waals surface area contributed by atoms with Gasteiger partial charge in [0.15, 0.2) is 11.5 Å². The average molecular weight is 529 g/mol. The van der Waals surface area contributed by atoms with E-state index in [2.05, 4.69) is 10.4 Å². The summed E-state index contributed by atoms with van der Waals surface area (Å²) in [6.07, 6.45) is 2.08. The Labute approximate surface area is 224 Å². The van der Waals surface area contributed by atoms with Crippen molar-refractivity contribution in [3.05, 3.63) is 99.7 Å². The van der Waals surface area contributed by atoms with Crippen LogP contribution in [-0.4, -0.2) is 39.1 Å². The minimum atomic E-state index is -0.606. The maximum Gasteiger partial charge on any atom is 0.269 e. The van der Waals surface area contributed by atoms with Crippen molar-refractivity contribution >= 4 is 34.9 Å². The first kappa shape index (κ1) is 25.4. The van der Waals surface area contributed by atoms with Gasteiger partial charge in [0.05, 0.1) is 22.0 Å². The Bertz CT molecular complexity index is 1560. The van der Waals surface area contributed by atoms with E-state index in [9.17, 15) is 14.4 Å². The minimum absolute atomic E-state index is 0.213. The highest BCUT2D eigenvalue weighted by atomic mass is 35.5. The highest BCUT2D eigenvalue weighted by molar-refractivity contribution is 6.34. The molecule has 9 heteroatoms. The third kappa shape index (κ3) is 4.96. The molecule has 0 fully saturated rings. The number of carbonyl (C=O) groups is 3. The van der Waals surface area contributed by atoms with Gasteiger partial charge in [0.2, 0.25) is 0 Å². The molecule has 0 aliphatic heterocycles. The van der Waals surface area contributed by atoms with E-state index in [-0.39, 0.29) is 23.8 Å². The zero-order valence-corrected chi connectivity index (χ0v) is 21.2. The van der Waals surface area contributed by atoms with E-state index >= 15 is 0 Å². The number of aryl methyl sites for hydroxylation is 2. The van der Waals surface area contributed by atoms with E-state index in [1.54, 1.807) is 28.9 Å². The zero-order valence-electron chi connectivity index (χ0n) is 20.4. The van der Waals surface area contributed by atoms with E-state index in [0.29, 0.717) is 35.5 Å². The Morgan fingerprint density at radius 1 is 1.03 bits per heavy atom. The minimum Gasteiger partial charge on any atom is -0.389 e. The van der Waals surface area contributed by atoms with Crippen LogP contribution >= 0.6 is 11.6 Å². The predicted octanol–water partition coefficient (Wildman–Crippen LogP) is 4.14. The molecule has 1 aromatic heterocycles. The summed E-state index contributed by atoms with van der Waals surface area (Å²) in [5, 5.41) is 16.8. The van der Waals surface area contributed by atoms with Gasteiger partial charge in [-0.2, -0.15) is 5.10 Å². The highest BCUT2D eigenvalue weighted by Crippen LogP contribution is 2.38. The molecule has 0 bridgehead atoms. The first-order valence-corrected chi connectivity index (χ1v) is 12.6. The molecule has 0 radical (unpaired) electrons. The molecule has 1 aliphatic rings. The molecule has 0 atom stereocenters. The second-order valence-corrected chi connectivity index (χ2v) is 9.53. The van der Waals surface area contributed by atoms with E-state index < -0.39 is 12.5 Å². The Kier molecular flexibility index (Phi) is 7.09.